The highest BCUT2D eigenvalue weighted by Gasteiger charge is 2.17. The van der Waals surface area contributed by atoms with Crippen molar-refractivity contribution in [1.82, 2.24) is 19.5 Å². The topological polar surface area (TPSA) is 63.6 Å². The Hall–Kier alpha value is -2.80. The van der Waals surface area contributed by atoms with Gasteiger partial charge in [0.15, 0.2) is 0 Å². The van der Waals surface area contributed by atoms with Gasteiger partial charge < -0.3 is 4.98 Å². The minimum Gasteiger partial charge on any atom is -0.347 e. The third-order valence-electron chi connectivity index (χ3n) is 3.86. The summed E-state index contributed by atoms with van der Waals surface area (Å²) < 4.78 is 14.7. The van der Waals surface area contributed by atoms with Crippen LogP contribution in [-0.4, -0.2) is 19.5 Å². The maximum absolute atomic E-state index is 13.2. The van der Waals surface area contributed by atoms with Crippen molar-refractivity contribution in [2.24, 2.45) is 0 Å². The molecule has 0 saturated carbocycles. The Kier molecular flexibility index (Phi) is 3.50. The SMILES string of the molecule is Cc1sc2ncn(Cc3ncc[nH]3)c(=O)c2c1-c1ccc(F)cc1. The molecule has 3 aromatic heterocycles. The second-order valence-corrected chi connectivity index (χ2v) is 6.64. The first-order valence-electron chi connectivity index (χ1n) is 7.36. The predicted molar refractivity (Wildman–Crippen MR) is 91.7 cm³/mol. The van der Waals surface area contributed by atoms with Crippen LogP contribution in [0.5, 0.6) is 0 Å². The molecule has 4 rings (SSSR count). The smallest absolute Gasteiger partial charge is 0.263 e. The van der Waals surface area contributed by atoms with Gasteiger partial charge in [-0.25, -0.2) is 14.4 Å². The molecule has 0 unspecified atom stereocenters. The zero-order valence-electron chi connectivity index (χ0n) is 12.8. The number of aromatic nitrogens is 4. The van der Waals surface area contributed by atoms with E-state index in [4.69, 9.17) is 0 Å². The Bertz CT molecular complexity index is 1060. The van der Waals surface area contributed by atoms with E-state index in [1.807, 2.05) is 6.92 Å². The van der Waals surface area contributed by atoms with E-state index in [1.165, 1.54) is 34.4 Å². The van der Waals surface area contributed by atoms with Crippen LogP contribution < -0.4 is 5.56 Å². The summed E-state index contributed by atoms with van der Waals surface area (Å²) in [7, 11) is 0. The lowest BCUT2D eigenvalue weighted by Gasteiger charge is -2.05. The molecule has 0 radical (unpaired) electrons. The summed E-state index contributed by atoms with van der Waals surface area (Å²) in [5.74, 6) is 0.387. The zero-order chi connectivity index (χ0) is 16.7. The number of H-pyrrole nitrogens is 1. The summed E-state index contributed by atoms with van der Waals surface area (Å²) in [6.07, 6.45) is 4.90. The van der Waals surface area contributed by atoms with Crippen molar-refractivity contribution in [2.45, 2.75) is 13.5 Å². The van der Waals surface area contributed by atoms with Crippen LogP contribution in [0.2, 0.25) is 0 Å². The lowest BCUT2D eigenvalue weighted by molar-refractivity contribution is 0.628. The fourth-order valence-corrected chi connectivity index (χ4v) is 3.76. The van der Waals surface area contributed by atoms with Crippen molar-refractivity contribution in [1.29, 1.82) is 0 Å². The third kappa shape index (κ3) is 2.43. The summed E-state index contributed by atoms with van der Waals surface area (Å²) >= 11 is 1.47. The van der Waals surface area contributed by atoms with Gasteiger partial charge in [0, 0.05) is 22.8 Å². The first kappa shape index (κ1) is 14.8. The standard InChI is InChI=1S/C17H13FN4OS/c1-10-14(11-2-4-12(18)5-3-11)15-16(24-10)21-9-22(17(15)23)8-13-19-6-7-20-13/h2-7,9H,8H2,1H3,(H,19,20). The molecule has 0 amide bonds. The van der Waals surface area contributed by atoms with Crippen molar-refractivity contribution < 1.29 is 4.39 Å². The minimum absolute atomic E-state index is 0.125. The second kappa shape index (κ2) is 5.68. The molecule has 0 aliphatic rings. The minimum atomic E-state index is -0.302. The molecular formula is C17H13FN4OS. The van der Waals surface area contributed by atoms with Gasteiger partial charge in [0.1, 0.15) is 16.5 Å². The zero-order valence-corrected chi connectivity index (χ0v) is 13.6. The van der Waals surface area contributed by atoms with Crippen molar-refractivity contribution in [3.63, 3.8) is 0 Å². The summed E-state index contributed by atoms with van der Waals surface area (Å²) in [6.45, 7) is 2.27. The van der Waals surface area contributed by atoms with Gasteiger partial charge >= 0.3 is 0 Å². The van der Waals surface area contributed by atoms with Gasteiger partial charge in [0.25, 0.3) is 5.56 Å². The molecule has 0 atom stereocenters. The Labute approximate surface area is 140 Å². The average Bonchev–Trinajstić information content (AvgIpc) is 3.19. The van der Waals surface area contributed by atoms with E-state index in [0.717, 1.165) is 16.0 Å². The molecular weight excluding hydrogens is 327 g/mol. The molecule has 0 aliphatic carbocycles. The maximum Gasteiger partial charge on any atom is 0.263 e. The van der Waals surface area contributed by atoms with Crippen LogP contribution >= 0.6 is 11.3 Å². The van der Waals surface area contributed by atoms with Crippen LogP contribution in [0, 0.1) is 12.7 Å². The number of imidazole rings is 1. The van der Waals surface area contributed by atoms with Gasteiger partial charge in [-0.1, -0.05) is 12.1 Å². The number of rotatable bonds is 3. The van der Waals surface area contributed by atoms with Gasteiger partial charge in [-0.15, -0.1) is 11.3 Å². The quantitative estimate of drug-likeness (QED) is 0.622. The van der Waals surface area contributed by atoms with Gasteiger partial charge in [-0.3, -0.25) is 9.36 Å². The Morgan fingerprint density at radius 3 is 2.75 bits per heavy atom. The summed E-state index contributed by atoms with van der Waals surface area (Å²) in [4.78, 5) is 26.2. The van der Waals surface area contributed by atoms with Gasteiger partial charge in [0.2, 0.25) is 0 Å². The fourth-order valence-electron chi connectivity index (χ4n) is 2.76. The van der Waals surface area contributed by atoms with Gasteiger partial charge in [-0.2, -0.15) is 0 Å². The van der Waals surface area contributed by atoms with Crippen LogP contribution in [0.1, 0.15) is 10.7 Å². The molecule has 3 heterocycles. The number of nitrogens with zero attached hydrogens (tertiary/aromatic N) is 3. The number of benzene rings is 1. The number of halogens is 1. The van der Waals surface area contributed by atoms with Crippen molar-refractivity contribution in [3.05, 3.63) is 69.9 Å². The van der Waals surface area contributed by atoms with E-state index in [1.54, 1.807) is 24.5 Å². The lowest BCUT2D eigenvalue weighted by atomic mass is 10.0. The largest absolute Gasteiger partial charge is 0.347 e. The molecule has 5 nitrogen and oxygen atoms in total. The molecule has 0 saturated heterocycles. The second-order valence-electron chi connectivity index (χ2n) is 5.43. The average molecular weight is 340 g/mol. The molecule has 24 heavy (non-hydrogen) atoms. The molecule has 7 heteroatoms. The molecule has 0 bridgehead atoms. The van der Waals surface area contributed by atoms with Crippen LogP contribution in [0.15, 0.2) is 47.8 Å². The number of hydrogen-bond donors (Lipinski definition) is 1. The van der Waals surface area contributed by atoms with E-state index in [0.29, 0.717) is 22.6 Å². The highest BCUT2D eigenvalue weighted by atomic mass is 32.1. The number of aryl methyl sites for hydroxylation is 1. The third-order valence-corrected chi connectivity index (χ3v) is 4.88. The molecule has 0 aliphatic heterocycles. The normalized spacial score (nSPS) is 11.2. The Morgan fingerprint density at radius 1 is 1.25 bits per heavy atom. The van der Waals surface area contributed by atoms with Crippen LogP contribution in [-0.2, 0) is 6.54 Å². The Morgan fingerprint density at radius 2 is 2.04 bits per heavy atom. The van der Waals surface area contributed by atoms with Gasteiger partial charge in [0.05, 0.1) is 18.3 Å². The number of hydrogen-bond acceptors (Lipinski definition) is 4. The van der Waals surface area contributed by atoms with Crippen molar-refractivity contribution in [3.8, 4) is 11.1 Å². The number of nitrogens with one attached hydrogen (secondary N) is 1. The molecule has 4 aromatic rings. The van der Waals surface area contributed by atoms with Gasteiger partial charge in [-0.05, 0) is 24.6 Å². The van der Waals surface area contributed by atoms with Crippen molar-refractivity contribution >= 4 is 21.6 Å². The summed E-state index contributed by atoms with van der Waals surface area (Å²) in [5, 5.41) is 0.568. The first-order chi connectivity index (χ1) is 11.6. The number of aromatic amines is 1. The number of fused-ring (bicyclic) bond motifs is 1. The molecule has 120 valence electrons. The molecule has 1 N–H and O–H groups in total. The molecule has 0 fully saturated rings. The first-order valence-corrected chi connectivity index (χ1v) is 8.18. The maximum atomic E-state index is 13.2. The van der Waals surface area contributed by atoms with E-state index >= 15 is 0 Å². The summed E-state index contributed by atoms with van der Waals surface area (Å²) in [6, 6.07) is 6.17. The van der Waals surface area contributed by atoms with Crippen molar-refractivity contribution in [2.75, 3.05) is 0 Å². The van der Waals surface area contributed by atoms with Crippen LogP contribution in [0.25, 0.3) is 21.3 Å². The number of thiophene rings is 1. The van der Waals surface area contributed by atoms with Crippen LogP contribution in [0.4, 0.5) is 4.39 Å². The highest BCUT2D eigenvalue weighted by Crippen LogP contribution is 2.35. The highest BCUT2D eigenvalue weighted by molar-refractivity contribution is 7.19. The summed E-state index contributed by atoms with van der Waals surface area (Å²) in [5.41, 5.74) is 1.51. The monoisotopic (exact) mass is 340 g/mol. The van der Waals surface area contributed by atoms with E-state index < -0.39 is 0 Å². The molecule has 0 spiro atoms. The van der Waals surface area contributed by atoms with E-state index in [-0.39, 0.29) is 11.4 Å². The van der Waals surface area contributed by atoms with Crippen LogP contribution in [0.3, 0.4) is 0 Å². The predicted octanol–water partition coefficient (Wildman–Crippen LogP) is 3.34. The lowest BCUT2D eigenvalue weighted by Crippen LogP contribution is -2.21. The fraction of sp³-hybridized carbons (Fsp3) is 0.118. The van der Waals surface area contributed by atoms with E-state index in [9.17, 15) is 9.18 Å². The Balaban J connectivity index is 1.92. The molecule has 1 aromatic carbocycles. The van der Waals surface area contributed by atoms with E-state index in [2.05, 4.69) is 15.0 Å².